The smallest absolute Gasteiger partial charge is 0.138 e. The number of aliphatic hydroxyl groups is 1. The number of rotatable bonds is 5. The quantitative estimate of drug-likeness (QED) is 0.852. The van der Waals surface area contributed by atoms with Crippen molar-refractivity contribution in [1.29, 1.82) is 0 Å². The lowest BCUT2D eigenvalue weighted by Crippen LogP contribution is -2.14. The minimum absolute atomic E-state index is 0.0210. The van der Waals surface area contributed by atoms with Gasteiger partial charge in [0.1, 0.15) is 5.75 Å². The maximum atomic E-state index is 9.47. The Morgan fingerprint density at radius 2 is 1.60 bits per heavy atom. The Morgan fingerprint density at radius 1 is 0.950 bits per heavy atom. The van der Waals surface area contributed by atoms with Crippen molar-refractivity contribution < 1.29 is 9.84 Å². The summed E-state index contributed by atoms with van der Waals surface area (Å²) in [6.07, 6.45) is 0. The second-order valence-electron chi connectivity index (χ2n) is 4.32. The molecule has 0 aliphatic heterocycles. The Balaban J connectivity index is 2.05. The summed E-state index contributed by atoms with van der Waals surface area (Å²) in [4.78, 5) is 0. The third-order valence-corrected chi connectivity index (χ3v) is 3.68. The van der Waals surface area contributed by atoms with Gasteiger partial charge in [0.25, 0.3) is 0 Å². The summed E-state index contributed by atoms with van der Waals surface area (Å²) >= 11 is 17.7. The van der Waals surface area contributed by atoms with E-state index < -0.39 is 0 Å². The van der Waals surface area contributed by atoms with Gasteiger partial charge in [0.15, 0.2) is 0 Å². The van der Waals surface area contributed by atoms with Crippen molar-refractivity contribution in [2.75, 3.05) is 13.2 Å². The van der Waals surface area contributed by atoms with Crippen LogP contribution in [-0.2, 0) is 0 Å². The summed E-state index contributed by atoms with van der Waals surface area (Å²) in [6, 6.07) is 12.4. The maximum Gasteiger partial charge on any atom is 0.138 e. The van der Waals surface area contributed by atoms with E-state index >= 15 is 0 Å². The van der Waals surface area contributed by atoms with Crippen LogP contribution >= 0.6 is 34.8 Å². The fourth-order valence-electron chi connectivity index (χ4n) is 1.77. The Morgan fingerprint density at radius 3 is 2.20 bits per heavy atom. The maximum absolute atomic E-state index is 9.47. The van der Waals surface area contributed by atoms with E-state index in [9.17, 15) is 5.11 Å². The Labute approximate surface area is 132 Å². The average Bonchev–Trinajstić information content (AvgIpc) is 2.43. The van der Waals surface area contributed by atoms with Gasteiger partial charge >= 0.3 is 0 Å². The molecule has 0 aliphatic carbocycles. The zero-order valence-electron chi connectivity index (χ0n) is 10.5. The van der Waals surface area contributed by atoms with Gasteiger partial charge in [-0.15, -0.1) is 0 Å². The lowest BCUT2D eigenvalue weighted by Gasteiger charge is -2.16. The second kappa shape index (κ2) is 7.19. The molecule has 0 aliphatic rings. The van der Waals surface area contributed by atoms with Crippen molar-refractivity contribution in [2.45, 2.75) is 5.92 Å². The first kappa shape index (κ1) is 15.5. The molecule has 20 heavy (non-hydrogen) atoms. The van der Waals surface area contributed by atoms with Crippen molar-refractivity contribution in [1.82, 2.24) is 0 Å². The van der Waals surface area contributed by atoms with Crippen LogP contribution in [0.3, 0.4) is 0 Å². The lowest BCUT2D eigenvalue weighted by molar-refractivity contribution is 0.205. The zero-order chi connectivity index (χ0) is 14.5. The van der Waals surface area contributed by atoms with Gasteiger partial charge in [-0.05, 0) is 35.9 Å². The highest BCUT2D eigenvalue weighted by atomic mass is 35.5. The van der Waals surface area contributed by atoms with Crippen molar-refractivity contribution in [3.05, 3.63) is 63.1 Å². The second-order valence-corrected chi connectivity index (χ2v) is 5.60. The zero-order valence-corrected chi connectivity index (χ0v) is 12.8. The Hall–Kier alpha value is -0.930. The topological polar surface area (TPSA) is 29.5 Å². The monoisotopic (exact) mass is 330 g/mol. The van der Waals surface area contributed by atoms with Gasteiger partial charge in [0.05, 0.1) is 18.2 Å². The molecule has 0 fully saturated rings. The molecular formula is C15H13Cl3O2. The van der Waals surface area contributed by atoms with Crippen LogP contribution in [-0.4, -0.2) is 18.3 Å². The van der Waals surface area contributed by atoms with E-state index in [0.29, 0.717) is 27.4 Å². The molecule has 2 rings (SSSR count). The predicted octanol–water partition coefficient (Wildman–Crippen LogP) is 4.80. The van der Waals surface area contributed by atoms with Gasteiger partial charge in [-0.25, -0.2) is 0 Å². The normalized spacial score (nSPS) is 12.2. The third kappa shape index (κ3) is 4.03. The standard InChI is InChI=1S/C15H13Cl3O2/c16-12-3-1-10(2-4-12)11(8-19)9-20-15-6-5-13(17)7-14(15)18/h1-7,11,19H,8-9H2/t11-/m0/s1. The van der Waals surface area contributed by atoms with Crippen molar-refractivity contribution in [3.8, 4) is 5.75 Å². The molecule has 0 aromatic heterocycles. The van der Waals surface area contributed by atoms with Gasteiger partial charge in [-0.2, -0.15) is 0 Å². The van der Waals surface area contributed by atoms with Crippen LogP contribution in [0, 0.1) is 0 Å². The summed E-state index contributed by atoms with van der Waals surface area (Å²) < 4.78 is 5.65. The number of aliphatic hydroxyl groups excluding tert-OH is 1. The molecule has 5 heteroatoms. The molecule has 0 saturated carbocycles. The van der Waals surface area contributed by atoms with Crippen molar-refractivity contribution in [2.24, 2.45) is 0 Å². The fourth-order valence-corrected chi connectivity index (χ4v) is 2.36. The number of hydrogen-bond donors (Lipinski definition) is 1. The van der Waals surface area contributed by atoms with E-state index in [-0.39, 0.29) is 12.5 Å². The highest BCUT2D eigenvalue weighted by molar-refractivity contribution is 6.35. The van der Waals surface area contributed by atoms with Crippen molar-refractivity contribution in [3.63, 3.8) is 0 Å². The number of halogens is 3. The van der Waals surface area contributed by atoms with Crippen LogP contribution in [0.25, 0.3) is 0 Å². The molecule has 1 atom stereocenters. The molecule has 0 radical (unpaired) electrons. The molecular weight excluding hydrogens is 319 g/mol. The summed E-state index contributed by atoms with van der Waals surface area (Å²) in [5, 5.41) is 11.1. The minimum atomic E-state index is -0.140. The summed E-state index contributed by atoms with van der Waals surface area (Å²) in [6.45, 7) is 0.298. The molecule has 0 bridgehead atoms. The van der Waals surface area contributed by atoms with E-state index in [1.54, 1.807) is 30.3 Å². The minimum Gasteiger partial charge on any atom is -0.491 e. The van der Waals surface area contributed by atoms with E-state index in [1.165, 1.54) is 0 Å². The molecule has 2 aromatic carbocycles. The highest BCUT2D eigenvalue weighted by Crippen LogP contribution is 2.29. The lowest BCUT2D eigenvalue weighted by atomic mass is 10.0. The van der Waals surface area contributed by atoms with Gasteiger partial charge in [0, 0.05) is 16.0 Å². The number of ether oxygens (including phenoxy) is 1. The van der Waals surface area contributed by atoms with Crippen LogP contribution < -0.4 is 4.74 Å². The van der Waals surface area contributed by atoms with Gasteiger partial charge < -0.3 is 9.84 Å². The number of benzene rings is 2. The van der Waals surface area contributed by atoms with Crippen LogP contribution in [0.4, 0.5) is 0 Å². The summed E-state index contributed by atoms with van der Waals surface area (Å²) in [5.74, 6) is 0.405. The first-order chi connectivity index (χ1) is 9.60. The molecule has 0 spiro atoms. The van der Waals surface area contributed by atoms with Gasteiger partial charge in [-0.1, -0.05) is 46.9 Å². The Bertz CT molecular complexity index is 570. The summed E-state index contributed by atoms with van der Waals surface area (Å²) in [7, 11) is 0. The molecule has 0 amide bonds. The van der Waals surface area contributed by atoms with Crippen molar-refractivity contribution >= 4 is 34.8 Å². The molecule has 0 heterocycles. The van der Waals surface area contributed by atoms with Gasteiger partial charge in [0.2, 0.25) is 0 Å². The predicted molar refractivity (Wildman–Crippen MR) is 83.2 cm³/mol. The van der Waals surface area contributed by atoms with E-state index in [1.807, 2.05) is 12.1 Å². The average molecular weight is 332 g/mol. The third-order valence-electron chi connectivity index (χ3n) is 2.90. The SMILES string of the molecule is OC[C@@H](COc1ccc(Cl)cc1Cl)c1ccc(Cl)cc1. The molecule has 1 N–H and O–H groups in total. The number of hydrogen-bond acceptors (Lipinski definition) is 2. The summed E-state index contributed by atoms with van der Waals surface area (Å²) in [5.41, 5.74) is 0.960. The van der Waals surface area contributed by atoms with E-state index in [4.69, 9.17) is 39.5 Å². The molecule has 0 unspecified atom stereocenters. The highest BCUT2D eigenvalue weighted by Gasteiger charge is 2.12. The molecule has 2 nitrogen and oxygen atoms in total. The largest absolute Gasteiger partial charge is 0.491 e. The molecule has 106 valence electrons. The van der Waals surface area contributed by atoms with Gasteiger partial charge in [-0.3, -0.25) is 0 Å². The Kier molecular flexibility index (Phi) is 5.55. The molecule has 2 aromatic rings. The van der Waals surface area contributed by atoms with E-state index in [2.05, 4.69) is 0 Å². The molecule has 0 saturated heterocycles. The first-order valence-electron chi connectivity index (χ1n) is 6.04. The van der Waals surface area contributed by atoms with Crippen LogP contribution in [0.1, 0.15) is 11.5 Å². The van der Waals surface area contributed by atoms with Crippen LogP contribution in [0.15, 0.2) is 42.5 Å². The first-order valence-corrected chi connectivity index (χ1v) is 7.17. The van der Waals surface area contributed by atoms with E-state index in [0.717, 1.165) is 5.56 Å². The fraction of sp³-hybridized carbons (Fsp3) is 0.200. The van der Waals surface area contributed by atoms with Crippen LogP contribution in [0.5, 0.6) is 5.75 Å². The van der Waals surface area contributed by atoms with Crippen LogP contribution in [0.2, 0.25) is 15.1 Å².